The molecule has 0 radical (unpaired) electrons. The van der Waals surface area contributed by atoms with Gasteiger partial charge in [0.1, 0.15) is 0 Å². The van der Waals surface area contributed by atoms with Gasteiger partial charge >= 0.3 is 103 Å². The van der Waals surface area contributed by atoms with E-state index in [0.29, 0.717) is 15.0 Å². The van der Waals surface area contributed by atoms with Crippen molar-refractivity contribution in [3.8, 4) is 0 Å². The molecule has 0 aliphatic carbocycles. The summed E-state index contributed by atoms with van der Waals surface area (Å²) in [5.41, 5.74) is 1.36. The zero-order valence-electron chi connectivity index (χ0n) is 7.32. The first kappa shape index (κ1) is 12.7. The first-order valence-electron chi connectivity index (χ1n) is 3.63. The monoisotopic (exact) mass is 238 g/mol. The second kappa shape index (κ2) is 8.30. The molecule has 0 aliphatic heterocycles. The molecule has 0 fully saturated rings. The number of hydrogen-bond donors (Lipinski definition) is 0. The summed E-state index contributed by atoms with van der Waals surface area (Å²) in [6.45, 7) is 0.0901. The van der Waals surface area contributed by atoms with E-state index in [9.17, 15) is 5.11 Å². The third kappa shape index (κ3) is 5.36. The summed E-state index contributed by atoms with van der Waals surface area (Å²) < 4.78 is 0. The minimum atomic E-state index is 0. The van der Waals surface area contributed by atoms with Crippen LogP contribution in [0.25, 0.3) is 0 Å². The van der Waals surface area contributed by atoms with Gasteiger partial charge in [0.05, 0.1) is 0 Å². The maximum atomic E-state index is 10.1. The van der Waals surface area contributed by atoms with Crippen molar-refractivity contribution in [1.82, 2.24) is 0 Å². The normalized spacial score (nSPS) is 9.08. The van der Waals surface area contributed by atoms with Crippen molar-refractivity contribution in [2.45, 2.75) is 10.6 Å². The Bertz CT molecular complexity index is 191. The third-order valence-corrected chi connectivity index (χ3v) is 3.42. The van der Waals surface area contributed by atoms with Crippen molar-refractivity contribution in [3.05, 3.63) is 35.9 Å². The fourth-order valence-corrected chi connectivity index (χ4v) is 2.27. The predicted molar refractivity (Wildman–Crippen MR) is 45.6 cm³/mol. The Hall–Kier alpha value is 0.699. The Kier molecular flexibility index (Phi) is 8.79. The van der Waals surface area contributed by atoms with E-state index in [1.807, 2.05) is 18.2 Å². The summed E-state index contributed by atoms with van der Waals surface area (Å²) in [5, 5.41) is 12.1. The molecule has 1 rings (SSSR count). The Morgan fingerprint density at radius 3 is 2.42 bits per heavy atom. The minimum absolute atomic E-state index is 0. The first-order chi connectivity index (χ1) is 5.43. The van der Waals surface area contributed by atoms with Crippen LogP contribution >= 0.6 is 0 Å². The van der Waals surface area contributed by atoms with Gasteiger partial charge in [0, 0.05) is 0 Å². The van der Waals surface area contributed by atoms with E-state index < -0.39 is 0 Å². The van der Waals surface area contributed by atoms with Crippen LogP contribution in [0.2, 0.25) is 5.32 Å². The number of hydrogen-bond acceptors (Lipinski definition) is 1. The van der Waals surface area contributed by atoms with Crippen LogP contribution in [0.15, 0.2) is 30.3 Å². The van der Waals surface area contributed by atoms with Gasteiger partial charge in [-0.05, 0) is 0 Å². The van der Waals surface area contributed by atoms with Gasteiger partial charge in [-0.2, -0.15) is 0 Å². The Morgan fingerprint density at radius 2 is 1.83 bits per heavy atom. The van der Waals surface area contributed by atoms with Crippen molar-refractivity contribution >= 4 is 15.0 Å². The molecule has 1 aromatic carbocycles. The molecule has 0 atom stereocenters. The van der Waals surface area contributed by atoms with E-state index in [4.69, 9.17) is 0 Å². The number of benzene rings is 1. The molecule has 0 N–H and O–H groups in total. The van der Waals surface area contributed by atoms with E-state index in [2.05, 4.69) is 12.1 Å². The van der Waals surface area contributed by atoms with Crippen LogP contribution in [-0.2, 0) is 5.32 Å². The molecule has 12 heavy (non-hydrogen) atoms. The molecule has 1 aromatic rings. The molecule has 0 aliphatic rings. The van der Waals surface area contributed by atoms with E-state index in [1.54, 1.807) is 0 Å². The quantitative estimate of drug-likeness (QED) is 0.425. The third-order valence-electron chi connectivity index (χ3n) is 1.34. The van der Waals surface area contributed by atoms with Gasteiger partial charge in [-0.25, -0.2) is 0 Å². The summed E-state index contributed by atoms with van der Waals surface area (Å²) in [7, 11) is 0. The number of rotatable bonds is 4. The molecule has 1 nitrogen and oxygen atoms in total. The summed E-state index contributed by atoms with van der Waals surface area (Å²) in [6.07, 6.45) is 0. The van der Waals surface area contributed by atoms with Crippen LogP contribution in [-0.4, -0.2) is 21.6 Å². The molecule has 60 valence electrons. The van der Waals surface area contributed by atoms with Crippen LogP contribution in [0.4, 0.5) is 0 Å². The zero-order valence-corrected chi connectivity index (χ0v) is 11.0. The van der Waals surface area contributed by atoms with E-state index in [0.717, 1.165) is 10.6 Å². The fourth-order valence-electron chi connectivity index (χ4n) is 0.823. The van der Waals surface area contributed by atoms with Gasteiger partial charge in [-0.3, -0.25) is 0 Å². The van der Waals surface area contributed by atoms with Gasteiger partial charge < -0.3 is 0 Å². The van der Waals surface area contributed by atoms with E-state index in [-0.39, 0.29) is 36.2 Å². The van der Waals surface area contributed by atoms with Crippen LogP contribution in [0, 0.1) is 0 Å². The molecule has 0 saturated carbocycles. The van der Waals surface area contributed by atoms with Crippen LogP contribution in [0.5, 0.6) is 0 Å². The molecule has 0 bridgehead atoms. The average molecular weight is 237 g/mol. The second-order valence-electron chi connectivity index (χ2n) is 2.24. The molecule has 3 heteroatoms. The van der Waals surface area contributed by atoms with Crippen molar-refractivity contribution < 1.29 is 34.7 Å². The molecular weight excluding hydrogens is 226 g/mol. The van der Waals surface area contributed by atoms with Gasteiger partial charge in [0.2, 0.25) is 0 Å². The Morgan fingerprint density at radius 1 is 1.17 bits per heavy atom. The topological polar surface area (TPSA) is 23.1 Å². The van der Waals surface area contributed by atoms with Crippen LogP contribution in [0.3, 0.4) is 0 Å². The standard InChI is InChI=1S/C9H11OSe.Na/c10-6-7-11-8-9-4-2-1-3-5-9;/h1-5H,6-8H2;/q-1;+1. The molecule has 0 heterocycles. The predicted octanol–water partition coefficient (Wildman–Crippen LogP) is -2.33. The van der Waals surface area contributed by atoms with E-state index >= 15 is 0 Å². The Balaban J connectivity index is 0.00000121. The molecule has 0 amide bonds. The molecule has 0 unspecified atom stereocenters. The van der Waals surface area contributed by atoms with Crippen molar-refractivity contribution in [1.29, 1.82) is 0 Å². The average Bonchev–Trinajstić information content (AvgIpc) is 2.07. The summed E-state index contributed by atoms with van der Waals surface area (Å²) >= 11 is 0.517. The van der Waals surface area contributed by atoms with Crippen molar-refractivity contribution in [2.75, 3.05) is 6.61 Å². The van der Waals surface area contributed by atoms with Crippen molar-refractivity contribution in [3.63, 3.8) is 0 Å². The van der Waals surface area contributed by atoms with Gasteiger partial charge in [-0.15, -0.1) is 0 Å². The maximum absolute atomic E-state index is 10.1. The molecule has 0 spiro atoms. The second-order valence-corrected chi connectivity index (χ2v) is 4.56. The van der Waals surface area contributed by atoms with Crippen molar-refractivity contribution in [2.24, 2.45) is 0 Å². The van der Waals surface area contributed by atoms with Gasteiger partial charge in [0.25, 0.3) is 0 Å². The fraction of sp³-hybridized carbons (Fsp3) is 0.333. The Labute approximate surface area is 102 Å². The van der Waals surface area contributed by atoms with Crippen LogP contribution < -0.4 is 34.7 Å². The van der Waals surface area contributed by atoms with E-state index in [1.165, 1.54) is 5.56 Å². The molecule has 0 aromatic heterocycles. The molecular formula is C9H11NaOSe. The SMILES string of the molecule is [Na+].[O-]CC[Se]Cc1ccccc1. The summed E-state index contributed by atoms with van der Waals surface area (Å²) in [6, 6.07) is 10.3. The summed E-state index contributed by atoms with van der Waals surface area (Å²) in [5.74, 6) is 0. The van der Waals surface area contributed by atoms with Gasteiger partial charge in [0.15, 0.2) is 0 Å². The molecule has 0 saturated heterocycles. The van der Waals surface area contributed by atoms with Gasteiger partial charge in [-0.1, -0.05) is 0 Å². The zero-order chi connectivity index (χ0) is 7.94. The van der Waals surface area contributed by atoms with Crippen LogP contribution in [0.1, 0.15) is 5.56 Å². The summed E-state index contributed by atoms with van der Waals surface area (Å²) in [4.78, 5) is 0. The first-order valence-corrected chi connectivity index (χ1v) is 6.05.